The Morgan fingerprint density at radius 1 is 1.28 bits per heavy atom. The van der Waals surface area contributed by atoms with E-state index in [2.05, 4.69) is 5.32 Å². The van der Waals surface area contributed by atoms with Gasteiger partial charge < -0.3 is 10.4 Å². The van der Waals surface area contributed by atoms with Gasteiger partial charge in [0.25, 0.3) is 10.1 Å². The highest BCUT2D eigenvalue weighted by Gasteiger charge is 2.18. The van der Waals surface area contributed by atoms with Crippen molar-refractivity contribution in [3.05, 3.63) is 24.3 Å². The maximum Gasteiger partial charge on any atom is 0.294 e. The van der Waals surface area contributed by atoms with Crippen LogP contribution in [-0.4, -0.2) is 30.1 Å². The molecule has 6 nitrogen and oxygen atoms in total. The van der Waals surface area contributed by atoms with Crippen LogP contribution in [0.3, 0.4) is 0 Å². The Kier molecular flexibility index (Phi) is 4.44. The molecular formula is C11H15NO5S. The monoisotopic (exact) mass is 273 g/mol. The summed E-state index contributed by atoms with van der Waals surface area (Å²) in [6.07, 6.45) is -1.06. The largest absolute Gasteiger partial charge is 0.373 e. The number of Topliss-reactive ketones (excluding diaryl/α,β-unsaturated/α-hetero) is 1. The number of carbonyl (C=O) groups is 1. The van der Waals surface area contributed by atoms with E-state index in [0.717, 1.165) is 0 Å². The average molecular weight is 273 g/mol. The van der Waals surface area contributed by atoms with Crippen molar-refractivity contribution < 1.29 is 22.9 Å². The highest BCUT2D eigenvalue weighted by Crippen LogP contribution is 2.16. The highest BCUT2D eigenvalue weighted by molar-refractivity contribution is 7.85. The second-order valence-electron chi connectivity index (χ2n) is 3.99. The van der Waals surface area contributed by atoms with Crippen molar-refractivity contribution >= 4 is 21.6 Å². The van der Waals surface area contributed by atoms with Crippen molar-refractivity contribution in [3.63, 3.8) is 0 Å². The summed E-state index contributed by atoms with van der Waals surface area (Å²) >= 11 is 0. The quantitative estimate of drug-likeness (QED) is 0.543. The van der Waals surface area contributed by atoms with Crippen LogP contribution in [-0.2, 0) is 14.9 Å². The lowest BCUT2D eigenvalue weighted by Gasteiger charge is -2.18. The molecule has 0 saturated heterocycles. The molecule has 2 unspecified atom stereocenters. The maximum atomic E-state index is 11.0. The first-order chi connectivity index (χ1) is 8.21. The van der Waals surface area contributed by atoms with Gasteiger partial charge in [0.15, 0.2) is 0 Å². The predicted octanol–water partition coefficient (Wildman–Crippen LogP) is 0.889. The molecule has 0 saturated carbocycles. The fraction of sp³-hybridized carbons (Fsp3) is 0.364. The summed E-state index contributed by atoms with van der Waals surface area (Å²) in [6, 6.07) is 5.17. The van der Waals surface area contributed by atoms with Gasteiger partial charge in [0, 0.05) is 5.69 Å². The number of aliphatic hydroxyl groups is 1. The summed E-state index contributed by atoms with van der Waals surface area (Å²) in [4.78, 5) is 10.8. The molecule has 0 fully saturated rings. The van der Waals surface area contributed by atoms with Crippen molar-refractivity contribution in [1.82, 2.24) is 0 Å². The van der Waals surface area contributed by atoms with Crippen molar-refractivity contribution in [2.75, 3.05) is 5.32 Å². The van der Waals surface area contributed by atoms with Gasteiger partial charge in [0.05, 0.1) is 10.8 Å². The van der Waals surface area contributed by atoms with Gasteiger partial charge in [-0.05, 0) is 31.2 Å². The van der Waals surface area contributed by atoms with Crippen LogP contribution in [0.1, 0.15) is 13.8 Å². The Morgan fingerprint density at radius 2 is 1.78 bits per heavy atom. The second kappa shape index (κ2) is 5.47. The molecule has 100 valence electrons. The minimum atomic E-state index is -4.22. The number of ketones is 1. The third-order valence-corrected chi connectivity index (χ3v) is 3.45. The number of hydrogen-bond acceptors (Lipinski definition) is 5. The van der Waals surface area contributed by atoms with E-state index in [1.165, 1.54) is 31.2 Å². The Hall–Kier alpha value is -1.44. The lowest BCUT2D eigenvalue weighted by molar-refractivity contribution is -0.122. The van der Waals surface area contributed by atoms with E-state index < -0.39 is 22.3 Å². The van der Waals surface area contributed by atoms with Crippen LogP contribution in [0.2, 0.25) is 0 Å². The number of rotatable bonds is 5. The molecule has 3 N–H and O–H groups in total. The first kappa shape index (κ1) is 14.6. The van der Waals surface area contributed by atoms with Gasteiger partial charge in [0.1, 0.15) is 12.0 Å². The molecule has 0 heterocycles. The Morgan fingerprint density at radius 3 is 2.17 bits per heavy atom. The third kappa shape index (κ3) is 3.80. The molecule has 0 amide bonds. The molecule has 7 heteroatoms. The predicted molar refractivity (Wildman–Crippen MR) is 65.7 cm³/mol. The van der Waals surface area contributed by atoms with Gasteiger partial charge in [-0.2, -0.15) is 8.42 Å². The van der Waals surface area contributed by atoms with Crippen LogP contribution in [0.5, 0.6) is 0 Å². The van der Waals surface area contributed by atoms with E-state index >= 15 is 0 Å². The molecule has 0 radical (unpaired) electrons. The molecule has 1 aromatic rings. The molecule has 1 aromatic carbocycles. The minimum absolute atomic E-state index is 0.162. The van der Waals surface area contributed by atoms with Gasteiger partial charge in [-0.1, -0.05) is 6.92 Å². The van der Waals surface area contributed by atoms with Crippen molar-refractivity contribution in [1.29, 1.82) is 0 Å². The first-order valence-corrected chi connectivity index (χ1v) is 6.68. The zero-order valence-electron chi connectivity index (χ0n) is 9.99. The molecule has 0 aliphatic rings. The average Bonchev–Trinajstić information content (AvgIpc) is 2.27. The molecule has 0 aliphatic carbocycles. The summed E-state index contributed by atoms with van der Waals surface area (Å²) in [6.45, 7) is 2.95. The Balaban J connectivity index is 2.79. The standard InChI is InChI=1S/C11H15NO5S/c1-7(8(2)13)11(14)12-9-3-5-10(6-4-9)18(15,16)17/h3-7,11-12,14H,1-2H3,(H,15,16,17). The fourth-order valence-corrected chi connectivity index (χ4v) is 1.72. The second-order valence-corrected chi connectivity index (χ2v) is 5.41. The molecule has 0 bridgehead atoms. The summed E-state index contributed by atoms with van der Waals surface area (Å²) in [5.74, 6) is -0.740. The topological polar surface area (TPSA) is 104 Å². The zero-order chi connectivity index (χ0) is 13.9. The SMILES string of the molecule is CC(=O)C(C)C(O)Nc1ccc(S(=O)(=O)O)cc1. The molecule has 1 rings (SSSR count). The lowest BCUT2D eigenvalue weighted by atomic mass is 10.1. The maximum absolute atomic E-state index is 11.0. The van der Waals surface area contributed by atoms with Gasteiger partial charge in [-0.15, -0.1) is 0 Å². The molecule has 0 aromatic heterocycles. The van der Waals surface area contributed by atoms with Gasteiger partial charge in [-0.3, -0.25) is 9.35 Å². The van der Waals surface area contributed by atoms with Gasteiger partial charge in [-0.25, -0.2) is 0 Å². The van der Waals surface area contributed by atoms with E-state index in [-0.39, 0.29) is 10.7 Å². The zero-order valence-corrected chi connectivity index (χ0v) is 10.8. The number of carbonyl (C=O) groups excluding carboxylic acids is 1. The van der Waals surface area contributed by atoms with Crippen molar-refractivity contribution in [2.24, 2.45) is 5.92 Å². The van der Waals surface area contributed by atoms with Gasteiger partial charge in [0.2, 0.25) is 0 Å². The molecule has 0 spiro atoms. The molecule has 2 atom stereocenters. The number of hydrogen-bond donors (Lipinski definition) is 3. The Bertz CT molecular complexity index is 523. The molecule has 0 aliphatic heterocycles. The van der Waals surface area contributed by atoms with Crippen LogP contribution in [0.25, 0.3) is 0 Å². The fourth-order valence-electron chi connectivity index (χ4n) is 1.24. The van der Waals surface area contributed by atoms with Gasteiger partial charge >= 0.3 is 0 Å². The molecular weight excluding hydrogens is 258 g/mol. The van der Waals surface area contributed by atoms with Crippen LogP contribution in [0, 0.1) is 5.92 Å². The smallest absolute Gasteiger partial charge is 0.294 e. The summed E-state index contributed by atoms with van der Waals surface area (Å²) < 4.78 is 30.4. The summed E-state index contributed by atoms with van der Waals surface area (Å²) in [7, 11) is -4.22. The van der Waals surface area contributed by atoms with E-state index in [0.29, 0.717) is 5.69 Å². The number of benzene rings is 1. The first-order valence-electron chi connectivity index (χ1n) is 5.24. The number of anilines is 1. The van der Waals surface area contributed by atoms with E-state index in [1.807, 2.05) is 0 Å². The van der Waals surface area contributed by atoms with E-state index in [9.17, 15) is 18.3 Å². The van der Waals surface area contributed by atoms with Crippen LogP contribution >= 0.6 is 0 Å². The molecule has 18 heavy (non-hydrogen) atoms. The number of nitrogens with one attached hydrogen (secondary N) is 1. The third-order valence-electron chi connectivity index (χ3n) is 2.58. The summed E-state index contributed by atoms with van der Waals surface area (Å²) in [5, 5.41) is 12.3. The van der Waals surface area contributed by atoms with E-state index in [4.69, 9.17) is 4.55 Å². The highest BCUT2D eigenvalue weighted by atomic mass is 32.2. The Labute approximate surface area is 105 Å². The lowest BCUT2D eigenvalue weighted by Crippen LogP contribution is -2.31. The van der Waals surface area contributed by atoms with E-state index in [1.54, 1.807) is 6.92 Å². The minimum Gasteiger partial charge on any atom is -0.373 e. The summed E-state index contributed by atoms with van der Waals surface area (Å²) in [5.41, 5.74) is 0.447. The number of aliphatic hydroxyl groups excluding tert-OH is 1. The van der Waals surface area contributed by atoms with Crippen molar-refractivity contribution in [3.8, 4) is 0 Å². The van der Waals surface area contributed by atoms with Crippen LogP contribution < -0.4 is 5.32 Å². The van der Waals surface area contributed by atoms with Crippen LogP contribution in [0.4, 0.5) is 5.69 Å². The normalized spacial score (nSPS) is 14.9. The van der Waals surface area contributed by atoms with Crippen molar-refractivity contribution in [2.45, 2.75) is 25.0 Å². The van der Waals surface area contributed by atoms with Crippen LogP contribution in [0.15, 0.2) is 29.2 Å².